The molecule has 3 aromatic carbocycles. The molecule has 1 N–H and O–H groups in total. The second-order valence-corrected chi connectivity index (χ2v) is 7.69. The van der Waals surface area contributed by atoms with Gasteiger partial charge in [0.25, 0.3) is 11.8 Å². The Balaban J connectivity index is 1.64. The van der Waals surface area contributed by atoms with Crippen LogP contribution in [0.5, 0.6) is 11.5 Å². The quantitative estimate of drug-likeness (QED) is 0.250. The van der Waals surface area contributed by atoms with E-state index in [-0.39, 0.29) is 17.1 Å². The smallest absolute Gasteiger partial charge is 0.343 e. The SMILES string of the molecule is CCOc1cc(C=C2C(=O)NC(=O)N(c3ccccc3)C2=O)ccc1OC(=O)c1cccc(C)c1. The number of ether oxygens (including phenoxy) is 2. The van der Waals surface area contributed by atoms with Gasteiger partial charge in [0, 0.05) is 0 Å². The van der Waals surface area contributed by atoms with E-state index in [0.29, 0.717) is 23.4 Å². The highest BCUT2D eigenvalue weighted by Crippen LogP contribution is 2.31. The molecule has 4 amide bonds. The predicted octanol–water partition coefficient (Wildman–Crippen LogP) is 4.28. The molecule has 35 heavy (non-hydrogen) atoms. The number of amides is 4. The maximum absolute atomic E-state index is 13.0. The highest BCUT2D eigenvalue weighted by Gasteiger charge is 2.36. The average molecular weight is 470 g/mol. The van der Waals surface area contributed by atoms with Gasteiger partial charge in [-0.3, -0.25) is 14.9 Å². The number of nitrogens with one attached hydrogen (secondary N) is 1. The van der Waals surface area contributed by atoms with Gasteiger partial charge in [0.05, 0.1) is 17.9 Å². The summed E-state index contributed by atoms with van der Waals surface area (Å²) in [6, 6.07) is 19.1. The van der Waals surface area contributed by atoms with Gasteiger partial charge >= 0.3 is 12.0 Å². The maximum atomic E-state index is 13.0. The number of hydrogen-bond donors (Lipinski definition) is 1. The summed E-state index contributed by atoms with van der Waals surface area (Å²) in [5.74, 6) is -1.64. The minimum atomic E-state index is -0.822. The number of carbonyl (C=O) groups excluding carboxylic acids is 4. The van der Waals surface area contributed by atoms with Crippen molar-refractivity contribution >= 4 is 35.6 Å². The first kappa shape index (κ1) is 23.4. The van der Waals surface area contributed by atoms with Crippen LogP contribution in [0.15, 0.2) is 78.4 Å². The zero-order valence-corrected chi connectivity index (χ0v) is 19.1. The number of benzene rings is 3. The summed E-state index contributed by atoms with van der Waals surface area (Å²) in [7, 11) is 0. The van der Waals surface area contributed by atoms with Crippen molar-refractivity contribution in [3.05, 3.63) is 95.1 Å². The van der Waals surface area contributed by atoms with E-state index in [9.17, 15) is 19.2 Å². The van der Waals surface area contributed by atoms with Gasteiger partial charge in [-0.2, -0.15) is 0 Å². The lowest BCUT2D eigenvalue weighted by molar-refractivity contribution is -0.122. The molecule has 0 atom stereocenters. The van der Waals surface area contributed by atoms with Crippen molar-refractivity contribution in [3.8, 4) is 11.5 Å². The van der Waals surface area contributed by atoms with E-state index < -0.39 is 23.8 Å². The van der Waals surface area contributed by atoms with Crippen LogP contribution in [0.1, 0.15) is 28.4 Å². The van der Waals surface area contributed by atoms with Crippen molar-refractivity contribution in [2.75, 3.05) is 11.5 Å². The summed E-state index contributed by atoms with van der Waals surface area (Å²) < 4.78 is 11.2. The number of rotatable bonds is 6. The molecule has 0 radical (unpaired) electrons. The summed E-state index contributed by atoms with van der Waals surface area (Å²) in [5, 5.41) is 2.19. The first-order chi connectivity index (χ1) is 16.9. The Morgan fingerprint density at radius 2 is 1.71 bits per heavy atom. The third-order valence-electron chi connectivity index (χ3n) is 5.15. The van der Waals surface area contributed by atoms with E-state index in [4.69, 9.17) is 9.47 Å². The topological polar surface area (TPSA) is 102 Å². The summed E-state index contributed by atoms with van der Waals surface area (Å²) in [4.78, 5) is 51.3. The molecule has 0 aromatic heterocycles. The van der Waals surface area contributed by atoms with Crippen LogP contribution in [0.3, 0.4) is 0 Å². The van der Waals surface area contributed by atoms with E-state index in [0.717, 1.165) is 10.5 Å². The summed E-state index contributed by atoms with van der Waals surface area (Å²) in [6.07, 6.45) is 1.36. The monoisotopic (exact) mass is 470 g/mol. The molecule has 0 spiro atoms. The van der Waals surface area contributed by atoms with E-state index in [1.54, 1.807) is 67.6 Å². The summed E-state index contributed by atoms with van der Waals surface area (Å²) in [6.45, 7) is 3.95. The lowest BCUT2D eigenvalue weighted by Crippen LogP contribution is -2.54. The van der Waals surface area contributed by atoms with E-state index in [1.807, 2.05) is 13.0 Å². The maximum Gasteiger partial charge on any atom is 0.343 e. The van der Waals surface area contributed by atoms with Crippen LogP contribution in [0.4, 0.5) is 10.5 Å². The third-order valence-corrected chi connectivity index (χ3v) is 5.15. The molecule has 8 nitrogen and oxygen atoms in total. The van der Waals surface area contributed by atoms with Gasteiger partial charge in [-0.15, -0.1) is 0 Å². The average Bonchev–Trinajstić information content (AvgIpc) is 2.84. The van der Waals surface area contributed by atoms with Crippen molar-refractivity contribution in [2.24, 2.45) is 0 Å². The molecule has 0 aliphatic carbocycles. The molecule has 1 heterocycles. The fourth-order valence-electron chi connectivity index (χ4n) is 3.53. The zero-order valence-electron chi connectivity index (χ0n) is 19.1. The van der Waals surface area contributed by atoms with Crippen LogP contribution in [0.25, 0.3) is 6.08 Å². The van der Waals surface area contributed by atoms with Crippen molar-refractivity contribution < 1.29 is 28.7 Å². The Morgan fingerprint density at radius 3 is 2.43 bits per heavy atom. The predicted molar refractivity (Wildman–Crippen MR) is 129 cm³/mol. The molecule has 1 aliphatic heterocycles. The van der Waals surface area contributed by atoms with Gasteiger partial charge in [0.15, 0.2) is 11.5 Å². The second-order valence-electron chi connectivity index (χ2n) is 7.69. The zero-order chi connectivity index (χ0) is 24.9. The van der Waals surface area contributed by atoms with Crippen molar-refractivity contribution in [2.45, 2.75) is 13.8 Å². The van der Waals surface area contributed by atoms with Gasteiger partial charge in [-0.25, -0.2) is 14.5 Å². The van der Waals surface area contributed by atoms with Gasteiger partial charge in [0.2, 0.25) is 0 Å². The van der Waals surface area contributed by atoms with Gasteiger partial charge in [0.1, 0.15) is 5.57 Å². The normalized spacial score (nSPS) is 14.6. The highest BCUT2D eigenvalue weighted by molar-refractivity contribution is 6.39. The number of nitrogens with zero attached hydrogens (tertiary/aromatic N) is 1. The van der Waals surface area contributed by atoms with Crippen LogP contribution >= 0.6 is 0 Å². The molecule has 0 saturated carbocycles. The molecule has 0 bridgehead atoms. The Labute approximate surface area is 201 Å². The molecular formula is C27H22N2O6. The highest BCUT2D eigenvalue weighted by atomic mass is 16.6. The number of barbiturate groups is 1. The lowest BCUT2D eigenvalue weighted by atomic mass is 10.1. The van der Waals surface area contributed by atoms with Crippen LogP contribution in [-0.2, 0) is 9.59 Å². The Hall–Kier alpha value is -4.72. The molecule has 1 aliphatic rings. The summed E-state index contributed by atoms with van der Waals surface area (Å²) in [5.41, 5.74) is 1.88. The van der Waals surface area contributed by atoms with Crippen LogP contribution < -0.4 is 19.7 Å². The first-order valence-electron chi connectivity index (χ1n) is 10.9. The molecule has 1 saturated heterocycles. The van der Waals surface area contributed by atoms with E-state index in [1.165, 1.54) is 12.1 Å². The van der Waals surface area contributed by atoms with Crippen molar-refractivity contribution in [1.82, 2.24) is 5.32 Å². The van der Waals surface area contributed by atoms with Crippen LogP contribution in [0.2, 0.25) is 0 Å². The fourth-order valence-corrected chi connectivity index (χ4v) is 3.53. The van der Waals surface area contributed by atoms with Crippen molar-refractivity contribution in [1.29, 1.82) is 0 Å². The second kappa shape index (κ2) is 10.0. The third kappa shape index (κ3) is 5.11. The number of imide groups is 2. The minimum Gasteiger partial charge on any atom is -0.490 e. The summed E-state index contributed by atoms with van der Waals surface area (Å²) >= 11 is 0. The van der Waals surface area contributed by atoms with Gasteiger partial charge in [-0.05, 0) is 61.9 Å². The molecule has 0 unspecified atom stereocenters. The van der Waals surface area contributed by atoms with Crippen LogP contribution in [0, 0.1) is 6.92 Å². The van der Waals surface area contributed by atoms with Gasteiger partial charge in [-0.1, -0.05) is 42.0 Å². The Bertz CT molecular complexity index is 1350. The number of para-hydroxylation sites is 1. The Kier molecular flexibility index (Phi) is 6.73. The number of esters is 1. The number of anilines is 1. The number of hydrogen-bond acceptors (Lipinski definition) is 6. The molecular weight excluding hydrogens is 448 g/mol. The first-order valence-corrected chi connectivity index (χ1v) is 10.9. The number of aryl methyl sites for hydroxylation is 1. The van der Waals surface area contributed by atoms with E-state index in [2.05, 4.69) is 5.32 Å². The number of carbonyl (C=O) groups is 4. The molecule has 3 aromatic rings. The van der Waals surface area contributed by atoms with Gasteiger partial charge < -0.3 is 9.47 Å². The van der Waals surface area contributed by atoms with Crippen molar-refractivity contribution in [3.63, 3.8) is 0 Å². The molecule has 176 valence electrons. The Morgan fingerprint density at radius 1 is 0.943 bits per heavy atom. The molecule has 4 rings (SSSR count). The van der Waals surface area contributed by atoms with Crippen LogP contribution in [-0.4, -0.2) is 30.4 Å². The standard InChI is InChI=1S/C27H22N2O6/c1-3-34-23-16-18(12-13-22(23)35-26(32)19-9-7-8-17(2)14-19)15-21-24(30)28-27(33)29(25(21)31)20-10-5-4-6-11-20/h4-16H,3H2,1-2H3,(H,28,30,33). The largest absolute Gasteiger partial charge is 0.490 e. The molecule has 8 heteroatoms. The lowest BCUT2D eigenvalue weighted by Gasteiger charge is -2.26. The fraction of sp³-hybridized carbons (Fsp3) is 0.111. The molecule has 1 fully saturated rings. The van der Waals surface area contributed by atoms with E-state index >= 15 is 0 Å². The minimum absolute atomic E-state index is 0.195. The number of urea groups is 1.